The first-order valence-corrected chi connectivity index (χ1v) is 9.22. The molecule has 24 heavy (non-hydrogen) atoms. The van der Waals surface area contributed by atoms with Crippen molar-refractivity contribution in [3.05, 3.63) is 24.3 Å². The summed E-state index contributed by atoms with van der Waals surface area (Å²) in [4.78, 5) is 9.67. The van der Waals surface area contributed by atoms with E-state index in [-0.39, 0.29) is 0 Å². The molecule has 132 valence electrons. The second kappa shape index (κ2) is 8.27. The average Bonchev–Trinajstić information content (AvgIpc) is 3.46. The van der Waals surface area contributed by atoms with Gasteiger partial charge in [-0.05, 0) is 43.5 Å². The van der Waals surface area contributed by atoms with Crippen LogP contribution in [0.25, 0.3) is 0 Å². The Labute approximate surface area is 145 Å². The Balaban J connectivity index is 1.53. The minimum absolute atomic E-state index is 0.912. The van der Waals surface area contributed by atoms with Crippen LogP contribution < -0.4 is 15.0 Å². The molecule has 1 heterocycles. The van der Waals surface area contributed by atoms with E-state index >= 15 is 0 Å². The summed E-state index contributed by atoms with van der Waals surface area (Å²) in [7, 11) is 1.71. The van der Waals surface area contributed by atoms with Crippen LogP contribution in [0, 0.1) is 5.92 Å². The molecule has 1 saturated carbocycles. The van der Waals surface area contributed by atoms with Crippen molar-refractivity contribution in [2.24, 2.45) is 10.9 Å². The highest BCUT2D eigenvalue weighted by atomic mass is 16.5. The molecule has 1 aromatic rings. The largest absolute Gasteiger partial charge is 0.497 e. The van der Waals surface area contributed by atoms with Crippen molar-refractivity contribution in [2.45, 2.75) is 26.2 Å². The molecule has 2 aliphatic rings. The van der Waals surface area contributed by atoms with Crippen LogP contribution in [-0.2, 0) is 0 Å². The van der Waals surface area contributed by atoms with Gasteiger partial charge in [0.05, 0.1) is 7.11 Å². The summed E-state index contributed by atoms with van der Waals surface area (Å²) in [6, 6.07) is 8.35. The van der Waals surface area contributed by atoms with Gasteiger partial charge in [-0.2, -0.15) is 0 Å². The zero-order chi connectivity index (χ0) is 16.8. The summed E-state index contributed by atoms with van der Waals surface area (Å²) in [5.41, 5.74) is 1.27. The first kappa shape index (κ1) is 16.9. The lowest BCUT2D eigenvalue weighted by atomic mass is 10.2. The van der Waals surface area contributed by atoms with Gasteiger partial charge in [0.2, 0.25) is 0 Å². The van der Waals surface area contributed by atoms with Crippen LogP contribution in [0.1, 0.15) is 26.2 Å². The summed E-state index contributed by atoms with van der Waals surface area (Å²) in [5, 5.41) is 3.46. The van der Waals surface area contributed by atoms with E-state index in [2.05, 4.69) is 34.2 Å². The van der Waals surface area contributed by atoms with Crippen molar-refractivity contribution in [3.8, 4) is 5.75 Å². The van der Waals surface area contributed by atoms with Crippen molar-refractivity contribution < 1.29 is 4.74 Å². The summed E-state index contributed by atoms with van der Waals surface area (Å²) in [5.74, 6) is 2.95. The fourth-order valence-corrected chi connectivity index (χ4v) is 3.15. The Hall–Kier alpha value is -1.91. The summed E-state index contributed by atoms with van der Waals surface area (Å²) >= 11 is 0. The molecule has 1 aliphatic heterocycles. The highest BCUT2D eigenvalue weighted by Gasteiger charge is 2.22. The van der Waals surface area contributed by atoms with E-state index in [0.717, 1.165) is 56.9 Å². The number of piperazine rings is 1. The first-order valence-electron chi connectivity index (χ1n) is 9.22. The van der Waals surface area contributed by atoms with Crippen LogP contribution in [0.3, 0.4) is 0 Å². The van der Waals surface area contributed by atoms with E-state index in [9.17, 15) is 0 Å². The Kier molecular flexibility index (Phi) is 5.83. The van der Waals surface area contributed by atoms with Crippen LogP contribution in [0.2, 0.25) is 0 Å². The molecular formula is C19H30N4O. The third-order valence-corrected chi connectivity index (χ3v) is 4.85. The number of nitrogens with zero attached hydrogens (tertiary/aromatic N) is 3. The van der Waals surface area contributed by atoms with Crippen molar-refractivity contribution in [2.75, 3.05) is 51.3 Å². The van der Waals surface area contributed by atoms with Gasteiger partial charge in [0.1, 0.15) is 5.75 Å². The molecule has 5 heteroatoms. The van der Waals surface area contributed by atoms with Gasteiger partial charge in [-0.25, -0.2) is 0 Å². The quantitative estimate of drug-likeness (QED) is 0.643. The number of benzene rings is 1. The van der Waals surface area contributed by atoms with E-state index < -0.39 is 0 Å². The highest BCUT2D eigenvalue weighted by Crippen LogP contribution is 2.32. The number of hydrogen-bond donors (Lipinski definition) is 1. The molecule has 3 rings (SSSR count). The molecule has 0 aromatic heterocycles. The van der Waals surface area contributed by atoms with Crippen molar-refractivity contribution in [1.82, 2.24) is 10.2 Å². The highest BCUT2D eigenvalue weighted by molar-refractivity contribution is 5.80. The summed E-state index contributed by atoms with van der Waals surface area (Å²) in [6.07, 6.45) is 4.07. The number of anilines is 1. The standard InChI is InChI=1S/C19H30N4O/c1-3-20-19(21-11-10-16-4-5-16)23-14-12-22(13-15-23)17-6-8-18(24-2)9-7-17/h6-9,16H,3-5,10-15H2,1-2H3,(H,20,21). The SMILES string of the molecule is CCNC(=NCCC1CC1)N1CCN(c2ccc(OC)cc2)CC1. The number of nitrogens with one attached hydrogen (secondary N) is 1. The van der Waals surface area contributed by atoms with Gasteiger partial charge in [-0.15, -0.1) is 0 Å². The zero-order valence-corrected chi connectivity index (χ0v) is 15.0. The molecule has 1 aromatic carbocycles. The summed E-state index contributed by atoms with van der Waals surface area (Å²) in [6.45, 7) is 8.12. The molecule has 2 fully saturated rings. The number of guanidine groups is 1. The predicted molar refractivity (Wildman–Crippen MR) is 100 cm³/mol. The molecular weight excluding hydrogens is 300 g/mol. The van der Waals surface area contributed by atoms with E-state index in [1.807, 2.05) is 12.1 Å². The van der Waals surface area contributed by atoms with Crippen molar-refractivity contribution in [3.63, 3.8) is 0 Å². The van der Waals surface area contributed by atoms with Crippen LogP contribution in [-0.4, -0.2) is 57.2 Å². The van der Waals surface area contributed by atoms with E-state index in [4.69, 9.17) is 9.73 Å². The monoisotopic (exact) mass is 330 g/mol. The second-order valence-electron chi connectivity index (χ2n) is 6.64. The minimum atomic E-state index is 0.912. The van der Waals surface area contributed by atoms with E-state index in [0.29, 0.717) is 0 Å². The fourth-order valence-electron chi connectivity index (χ4n) is 3.15. The maximum Gasteiger partial charge on any atom is 0.194 e. The maximum atomic E-state index is 5.24. The maximum absolute atomic E-state index is 5.24. The number of methoxy groups -OCH3 is 1. The lowest BCUT2D eigenvalue weighted by Crippen LogP contribution is -2.52. The number of ether oxygens (including phenoxy) is 1. The molecule has 5 nitrogen and oxygen atoms in total. The lowest BCUT2D eigenvalue weighted by molar-refractivity contribution is 0.372. The molecule has 0 amide bonds. The van der Waals surface area contributed by atoms with Gasteiger partial charge in [0.15, 0.2) is 5.96 Å². The third kappa shape index (κ3) is 4.56. The normalized spacial score (nSPS) is 18.7. The van der Waals surface area contributed by atoms with Crippen LogP contribution >= 0.6 is 0 Å². The topological polar surface area (TPSA) is 40.1 Å². The van der Waals surface area contributed by atoms with Gasteiger partial charge in [0, 0.05) is 45.0 Å². The Morgan fingerprint density at radius 3 is 2.46 bits per heavy atom. The van der Waals surface area contributed by atoms with E-state index in [1.165, 1.54) is 24.9 Å². The average molecular weight is 330 g/mol. The third-order valence-electron chi connectivity index (χ3n) is 4.85. The molecule has 1 N–H and O–H groups in total. The van der Waals surface area contributed by atoms with Crippen molar-refractivity contribution in [1.29, 1.82) is 0 Å². The first-order chi connectivity index (χ1) is 11.8. The molecule has 1 aliphatic carbocycles. The number of aliphatic imine (C=N–C) groups is 1. The Morgan fingerprint density at radius 2 is 1.88 bits per heavy atom. The fraction of sp³-hybridized carbons (Fsp3) is 0.632. The Bertz CT molecular complexity index is 531. The van der Waals surface area contributed by atoms with Crippen LogP contribution in [0.4, 0.5) is 5.69 Å². The second-order valence-corrected chi connectivity index (χ2v) is 6.64. The predicted octanol–water partition coefficient (Wildman–Crippen LogP) is 2.58. The van der Waals surface area contributed by atoms with Gasteiger partial charge < -0.3 is 19.9 Å². The number of rotatable bonds is 6. The molecule has 0 unspecified atom stereocenters. The van der Waals surface area contributed by atoms with Gasteiger partial charge in [-0.3, -0.25) is 4.99 Å². The van der Waals surface area contributed by atoms with Crippen LogP contribution in [0.5, 0.6) is 5.75 Å². The van der Waals surface area contributed by atoms with Gasteiger partial charge in [-0.1, -0.05) is 12.8 Å². The lowest BCUT2D eigenvalue weighted by Gasteiger charge is -2.37. The van der Waals surface area contributed by atoms with Crippen molar-refractivity contribution >= 4 is 11.6 Å². The Morgan fingerprint density at radius 1 is 1.17 bits per heavy atom. The minimum Gasteiger partial charge on any atom is -0.497 e. The van der Waals surface area contributed by atoms with Crippen LogP contribution in [0.15, 0.2) is 29.3 Å². The summed E-state index contributed by atoms with van der Waals surface area (Å²) < 4.78 is 5.24. The molecule has 0 spiro atoms. The number of hydrogen-bond acceptors (Lipinski definition) is 3. The van der Waals surface area contributed by atoms with Gasteiger partial charge in [0.25, 0.3) is 0 Å². The zero-order valence-electron chi connectivity index (χ0n) is 15.0. The van der Waals surface area contributed by atoms with E-state index in [1.54, 1.807) is 7.11 Å². The molecule has 0 radical (unpaired) electrons. The smallest absolute Gasteiger partial charge is 0.194 e. The molecule has 0 atom stereocenters. The molecule has 1 saturated heterocycles. The van der Waals surface area contributed by atoms with Gasteiger partial charge >= 0.3 is 0 Å². The molecule has 0 bridgehead atoms.